The summed E-state index contributed by atoms with van der Waals surface area (Å²) in [5, 5.41) is 5.74. The van der Waals surface area contributed by atoms with E-state index in [0.29, 0.717) is 5.82 Å². The fourth-order valence-electron chi connectivity index (χ4n) is 2.20. The molecule has 2 amide bonds. The van der Waals surface area contributed by atoms with Gasteiger partial charge in [0.05, 0.1) is 38.9 Å². The van der Waals surface area contributed by atoms with Gasteiger partial charge < -0.3 is 10.6 Å². The molecule has 2 aromatic rings. The zero-order valence-corrected chi connectivity index (χ0v) is 17.5. The third-order valence-electron chi connectivity index (χ3n) is 3.36. The van der Waals surface area contributed by atoms with E-state index in [0.717, 1.165) is 5.69 Å². The van der Waals surface area contributed by atoms with Crippen molar-refractivity contribution in [3.63, 3.8) is 0 Å². The van der Waals surface area contributed by atoms with Gasteiger partial charge in [-0.3, -0.25) is 14.5 Å². The number of halogens is 4. The van der Waals surface area contributed by atoms with Crippen molar-refractivity contribution in [1.82, 2.24) is 9.88 Å². The summed E-state index contributed by atoms with van der Waals surface area (Å²) in [7, 11) is 1.62. The van der Waals surface area contributed by atoms with Crippen molar-refractivity contribution < 1.29 is 9.59 Å². The van der Waals surface area contributed by atoms with Gasteiger partial charge >= 0.3 is 0 Å². The monoisotopic (exact) mass is 448 g/mol. The maximum atomic E-state index is 12.2. The molecule has 0 saturated heterocycles. The number of nitrogens with one attached hydrogen (secondary N) is 2. The molecule has 2 rings (SSSR count). The van der Waals surface area contributed by atoms with E-state index in [1.165, 1.54) is 11.0 Å². The molecule has 6 nitrogen and oxygen atoms in total. The maximum absolute atomic E-state index is 12.2. The molecular weight excluding hydrogens is 434 g/mol. The minimum atomic E-state index is -0.430. The van der Waals surface area contributed by atoms with Gasteiger partial charge in [0.25, 0.3) is 0 Å². The number of nitrogens with zero attached hydrogens (tertiary/aromatic N) is 2. The zero-order chi connectivity index (χ0) is 20.1. The second-order valence-electron chi connectivity index (χ2n) is 5.78. The van der Waals surface area contributed by atoms with Crippen LogP contribution in [0.15, 0.2) is 24.3 Å². The molecule has 2 N–H and O–H groups in total. The second-order valence-corrected chi connectivity index (χ2v) is 7.35. The summed E-state index contributed by atoms with van der Waals surface area (Å²) in [6, 6.07) is 6.69. The van der Waals surface area contributed by atoms with E-state index in [4.69, 9.17) is 46.4 Å². The molecule has 1 heterocycles. The summed E-state index contributed by atoms with van der Waals surface area (Å²) in [5.74, 6) is -0.281. The molecule has 0 aliphatic carbocycles. The Morgan fingerprint density at radius 2 is 1.56 bits per heavy atom. The van der Waals surface area contributed by atoms with Crippen LogP contribution in [0.25, 0.3) is 0 Å². The molecule has 1 aromatic heterocycles. The summed E-state index contributed by atoms with van der Waals surface area (Å²) >= 11 is 24.0. The van der Waals surface area contributed by atoms with E-state index in [2.05, 4.69) is 15.6 Å². The van der Waals surface area contributed by atoms with Crippen LogP contribution in [0, 0.1) is 6.92 Å². The van der Waals surface area contributed by atoms with Gasteiger partial charge in [-0.2, -0.15) is 0 Å². The number of hydrogen-bond acceptors (Lipinski definition) is 4. The standard InChI is InChI=1S/C17H16Cl4N4O2/c1-9-4-3-5-12(22-9)23-13(26)7-25(2)8-14(27)24-17-15(20)10(18)6-11(19)16(17)21/h3-6H,7-8H2,1-2H3,(H,24,27)(H,22,23,26). The van der Waals surface area contributed by atoms with Crippen LogP contribution in [0.3, 0.4) is 0 Å². The predicted octanol–water partition coefficient (Wildman–Crippen LogP) is 4.51. The van der Waals surface area contributed by atoms with Gasteiger partial charge in [-0.1, -0.05) is 52.5 Å². The van der Waals surface area contributed by atoms with Crippen molar-refractivity contribution >= 4 is 69.7 Å². The number of carbonyl (C=O) groups excluding carboxylic acids is 2. The molecule has 0 radical (unpaired) electrons. The number of pyridine rings is 1. The molecule has 144 valence electrons. The molecular formula is C17H16Cl4N4O2. The third kappa shape index (κ3) is 6.23. The van der Waals surface area contributed by atoms with E-state index >= 15 is 0 Å². The van der Waals surface area contributed by atoms with Gasteiger partial charge in [0, 0.05) is 5.69 Å². The summed E-state index contributed by atoms with van der Waals surface area (Å²) < 4.78 is 0. The number of hydrogen-bond donors (Lipinski definition) is 2. The molecule has 0 aliphatic rings. The molecule has 0 unspecified atom stereocenters. The number of anilines is 2. The lowest BCUT2D eigenvalue weighted by atomic mass is 10.3. The van der Waals surface area contributed by atoms with Crippen LogP contribution in [0.5, 0.6) is 0 Å². The average molecular weight is 450 g/mol. The number of aryl methyl sites for hydroxylation is 1. The highest BCUT2D eigenvalue weighted by Gasteiger charge is 2.18. The lowest BCUT2D eigenvalue weighted by molar-refractivity contribution is -0.119. The van der Waals surface area contributed by atoms with Gasteiger partial charge in [0.1, 0.15) is 5.82 Å². The minimum Gasteiger partial charge on any atom is -0.322 e. The highest BCUT2D eigenvalue weighted by atomic mass is 35.5. The first-order valence-corrected chi connectivity index (χ1v) is 9.23. The SMILES string of the molecule is Cc1cccc(NC(=O)CN(C)CC(=O)Nc2c(Cl)c(Cl)cc(Cl)c2Cl)n1. The summed E-state index contributed by atoms with van der Waals surface area (Å²) in [5.41, 5.74) is 0.914. The van der Waals surface area contributed by atoms with Gasteiger partial charge in [-0.25, -0.2) is 4.98 Å². The molecule has 0 fully saturated rings. The predicted molar refractivity (Wildman–Crippen MR) is 110 cm³/mol. The largest absolute Gasteiger partial charge is 0.322 e. The Labute approximate surface area is 176 Å². The number of carbonyl (C=O) groups is 2. The van der Waals surface area contributed by atoms with Crippen LogP contribution in [-0.4, -0.2) is 41.8 Å². The van der Waals surface area contributed by atoms with Crippen LogP contribution in [-0.2, 0) is 9.59 Å². The Hall–Kier alpha value is -1.57. The lowest BCUT2D eigenvalue weighted by Gasteiger charge is -2.17. The van der Waals surface area contributed by atoms with E-state index in [1.54, 1.807) is 19.2 Å². The van der Waals surface area contributed by atoms with Crippen molar-refractivity contribution in [2.24, 2.45) is 0 Å². The van der Waals surface area contributed by atoms with Gasteiger partial charge in [0.15, 0.2) is 0 Å². The highest BCUT2D eigenvalue weighted by molar-refractivity contribution is 6.50. The Balaban J connectivity index is 1.93. The van der Waals surface area contributed by atoms with E-state index in [1.807, 2.05) is 13.0 Å². The van der Waals surface area contributed by atoms with Crippen LogP contribution < -0.4 is 10.6 Å². The van der Waals surface area contributed by atoms with Gasteiger partial charge in [0.2, 0.25) is 11.8 Å². The van der Waals surface area contributed by atoms with Gasteiger partial charge in [-0.15, -0.1) is 0 Å². The van der Waals surface area contributed by atoms with Crippen LogP contribution in [0.1, 0.15) is 5.69 Å². The van der Waals surface area contributed by atoms with Crippen molar-refractivity contribution in [3.05, 3.63) is 50.0 Å². The van der Waals surface area contributed by atoms with Crippen molar-refractivity contribution in [2.75, 3.05) is 30.8 Å². The molecule has 0 bridgehead atoms. The number of benzene rings is 1. The number of aromatic nitrogens is 1. The van der Waals surface area contributed by atoms with E-state index < -0.39 is 5.91 Å². The molecule has 1 aromatic carbocycles. The topological polar surface area (TPSA) is 74.3 Å². The number of likely N-dealkylation sites (N-methyl/N-ethyl adjacent to an activating group) is 1. The van der Waals surface area contributed by atoms with Crippen molar-refractivity contribution in [1.29, 1.82) is 0 Å². The maximum Gasteiger partial charge on any atom is 0.239 e. The summed E-state index contributed by atoms with van der Waals surface area (Å²) in [6.07, 6.45) is 0. The third-order valence-corrected chi connectivity index (χ3v) is 4.93. The average Bonchev–Trinajstić information content (AvgIpc) is 2.56. The van der Waals surface area contributed by atoms with Crippen LogP contribution in [0.4, 0.5) is 11.5 Å². The molecule has 0 atom stereocenters. The Bertz CT molecular complexity index is 850. The molecule has 0 saturated carbocycles. The highest BCUT2D eigenvalue weighted by Crippen LogP contribution is 2.40. The number of amides is 2. The van der Waals surface area contributed by atoms with Gasteiger partial charge in [-0.05, 0) is 32.2 Å². The van der Waals surface area contributed by atoms with Crippen LogP contribution in [0.2, 0.25) is 20.1 Å². The smallest absolute Gasteiger partial charge is 0.239 e. The summed E-state index contributed by atoms with van der Waals surface area (Å²) in [4.78, 5) is 30.0. The first-order valence-electron chi connectivity index (χ1n) is 7.72. The minimum absolute atomic E-state index is 0.0131. The first kappa shape index (κ1) is 21.7. The van der Waals surface area contributed by atoms with Crippen molar-refractivity contribution in [3.8, 4) is 0 Å². The fraction of sp³-hybridized carbons (Fsp3) is 0.235. The second kappa shape index (κ2) is 9.57. The number of rotatable bonds is 6. The normalized spacial score (nSPS) is 10.8. The molecule has 27 heavy (non-hydrogen) atoms. The van der Waals surface area contributed by atoms with Crippen LogP contribution >= 0.6 is 46.4 Å². The fourth-order valence-corrected chi connectivity index (χ4v) is 3.11. The zero-order valence-electron chi connectivity index (χ0n) is 14.4. The van der Waals surface area contributed by atoms with E-state index in [-0.39, 0.29) is 44.8 Å². The summed E-state index contributed by atoms with van der Waals surface area (Å²) in [6.45, 7) is 1.73. The van der Waals surface area contributed by atoms with E-state index in [9.17, 15) is 9.59 Å². The molecule has 0 aliphatic heterocycles. The quantitative estimate of drug-likeness (QED) is 0.636. The molecule has 10 heteroatoms. The Kier molecular flexibility index (Phi) is 7.70. The lowest BCUT2D eigenvalue weighted by Crippen LogP contribution is -2.36. The molecule has 0 spiro atoms. The Morgan fingerprint density at radius 3 is 2.11 bits per heavy atom. The first-order chi connectivity index (χ1) is 12.7. The van der Waals surface area contributed by atoms with Crippen molar-refractivity contribution in [2.45, 2.75) is 6.92 Å². The Morgan fingerprint density at radius 1 is 1.00 bits per heavy atom.